The van der Waals surface area contributed by atoms with Crippen LogP contribution in [0.5, 0.6) is 0 Å². The number of carbonyl (C=O) groups excluding carboxylic acids is 1. The van der Waals surface area contributed by atoms with Crippen molar-refractivity contribution in [2.24, 2.45) is 11.8 Å². The number of aromatic amines is 1. The topological polar surface area (TPSA) is 85.4 Å². The summed E-state index contributed by atoms with van der Waals surface area (Å²) in [5, 5.41) is 11.5. The van der Waals surface area contributed by atoms with Gasteiger partial charge < -0.3 is 19.9 Å². The highest BCUT2D eigenvalue weighted by Gasteiger charge is 2.44. The Hall–Kier alpha value is -2.93. The molecule has 2 aliphatic rings. The number of aliphatic hydroxyl groups excluding tert-OH is 1. The van der Waals surface area contributed by atoms with Crippen LogP contribution in [-0.2, 0) is 4.79 Å². The summed E-state index contributed by atoms with van der Waals surface area (Å²) >= 11 is 0. The summed E-state index contributed by atoms with van der Waals surface area (Å²) in [6.45, 7) is 1.45. The molecule has 3 heterocycles. The lowest BCUT2D eigenvalue weighted by Gasteiger charge is -2.28. The maximum absolute atomic E-state index is 12.8. The first-order chi connectivity index (χ1) is 14.1. The highest BCUT2D eigenvalue weighted by Crippen LogP contribution is 2.42. The Morgan fingerprint density at radius 3 is 2.62 bits per heavy atom. The number of likely N-dealkylation sites (tertiary alicyclic amines) is 1. The van der Waals surface area contributed by atoms with Gasteiger partial charge in [-0.3, -0.25) is 4.79 Å². The molecule has 1 aliphatic heterocycles. The van der Waals surface area contributed by atoms with Gasteiger partial charge in [0.1, 0.15) is 17.8 Å². The van der Waals surface area contributed by atoms with Crippen LogP contribution < -0.4 is 4.90 Å². The van der Waals surface area contributed by atoms with Gasteiger partial charge in [0, 0.05) is 32.4 Å². The largest absolute Gasteiger partial charge is 0.378 e. The predicted molar refractivity (Wildman–Crippen MR) is 110 cm³/mol. The van der Waals surface area contributed by atoms with Gasteiger partial charge in [0.2, 0.25) is 0 Å². The third-order valence-electron chi connectivity index (χ3n) is 6.60. The third-order valence-corrected chi connectivity index (χ3v) is 6.60. The van der Waals surface area contributed by atoms with Crippen molar-refractivity contribution in [2.75, 3.05) is 25.0 Å². The minimum Gasteiger partial charge on any atom is -0.378 e. The van der Waals surface area contributed by atoms with E-state index >= 15 is 0 Å². The average Bonchev–Trinajstić information content (AvgIpc) is 3.47. The molecule has 3 aromatic rings. The zero-order chi connectivity index (χ0) is 20.0. The van der Waals surface area contributed by atoms with E-state index in [1.165, 1.54) is 0 Å². The summed E-state index contributed by atoms with van der Waals surface area (Å²) in [6, 6.07) is 11.6. The van der Waals surface area contributed by atoms with Crippen LogP contribution >= 0.6 is 0 Å². The van der Waals surface area contributed by atoms with Gasteiger partial charge >= 0.3 is 0 Å². The van der Waals surface area contributed by atoms with Crippen molar-refractivity contribution in [1.82, 2.24) is 19.9 Å². The minimum atomic E-state index is -1.07. The fourth-order valence-electron chi connectivity index (χ4n) is 5.03. The van der Waals surface area contributed by atoms with Gasteiger partial charge in [-0.05, 0) is 36.3 Å². The monoisotopic (exact) mass is 391 g/mol. The molecule has 150 valence electrons. The number of aromatic nitrogens is 3. The second-order valence-electron chi connectivity index (χ2n) is 8.25. The van der Waals surface area contributed by atoms with Gasteiger partial charge in [-0.1, -0.05) is 30.3 Å². The Bertz CT molecular complexity index is 1010. The number of nitrogens with zero attached hydrogens (tertiary/aromatic N) is 4. The third kappa shape index (κ3) is 3.15. The second kappa shape index (κ2) is 7.15. The van der Waals surface area contributed by atoms with Crippen molar-refractivity contribution >= 4 is 22.8 Å². The second-order valence-corrected chi connectivity index (χ2v) is 8.25. The number of benzene rings is 1. The Balaban J connectivity index is 1.25. The van der Waals surface area contributed by atoms with E-state index in [0.29, 0.717) is 23.4 Å². The van der Waals surface area contributed by atoms with Gasteiger partial charge in [-0.15, -0.1) is 0 Å². The summed E-state index contributed by atoms with van der Waals surface area (Å²) < 4.78 is 0. The molecule has 29 heavy (non-hydrogen) atoms. The number of amides is 1. The van der Waals surface area contributed by atoms with E-state index in [2.05, 4.69) is 26.9 Å². The zero-order valence-corrected chi connectivity index (χ0v) is 16.4. The van der Waals surface area contributed by atoms with Gasteiger partial charge in [-0.2, -0.15) is 0 Å². The average molecular weight is 391 g/mol. The number of nitrogens with one attached hydrogen (secondary N) is 1. The smallest absolute Gasteiger partial charge is 0.256 e. The van der Waals surface area contributed by atoms with E-state index in [-0.39, 0.29) is 5.91 Å². The molecule has 0 radical (unpaired) electrons. The van der Waals surface area contributed by atoms with Crippen molar-refractivity contribution in [2.45, 2.75) is 25.0 Å². The van der Waals surface area contributed by atoms with Gasteiger partial charge in [0.05, 0.1) is 5.39 Å². The highest BCUT2D eigenvalue weighted by atomic mass is 16.3. The summed E-state index contributed by atoms with van der Waals surface area (Å²) in [6.07, 6.45) is 4.48. The van der Waals surface area contributed by atoms with E-state index in [9.17, 15) is 9.90 Å². The molecule has 4 atom stereocenters. The lowest BCUT2D eigenvalue weighted by Crippen LogP contribution is -2.36. The van der Waals surface area contributed by atoms with Crippen LogP contribution in [0, 0.1) is 11.8 Å². The van der Waals surface area contributed by atoms with Crippen molar-refractivity contribution < 1.29 is 9.90 Å². The Morgan fingerprint density at radius 2 is 1.90 bits per heavy atom. The molecule has 2 N–H and O–H groups in total. The van der Waals surface area contributed by atoms with Crippen LogP contribution in [0.3, 0.4) is 0 Å². The SMILES string of the molecule is CN(c1ncnc2[nH]ccc12)[C@@H]1C[C@@H]2CN(C(=O)[C@H](O)c3ccccc3)C[C@@H]2C1. The molecule has 0 bridgehead atoms. The lowest BCUT2D eigenvalue weighted by molar-refractivity contribution is -0.139. The van der Waals surface area contributed by atoms with Gasteiger partial charge in [-0.25, -0.2) is 9.97 Å². The Kier molecular flexibility index (Phi) is 4.47. The minimum absolute atomic E-state index is 0.180. The molecule has 0 unspecified atom stereocenters. The number of fused-ring (bicyclic) bond motifs is 2. The van der Waals surface area contributed by atoms with Crippen LogP contribution in [0.25, 0.3) is 11.0 Å². The fourth-order valence-corrected chi connectivity index (χ4v) is 5.03. The fraction of sp³-hybridized carbons (Fsp3) is 0.409. The first-order valence-electron chi connectivity index (χ1n) is 10.1. The summed E-state index contributed by atoms with van der Waals surface area (Å²) in [5.74, 6) is 1.71. The van der Waals surface area contributed by atoms with E-state index in [1.807, 2.05) is 35.4 Å². The van der Waals surface area contributed by atoms with Crippen LogP contribution in [0.2, 0.25) is 0 Å². The number of anilines is 1. The first-order valence-corrected chi connectivity index (χ1v) is 10.1. The molecule has 1 saturated carbocycles. The molecule has 7 heteroatoms. The standard InChI is InChI=1S/C22H25N5O2/c1-26(21-18-7-8-23-20(18)24-13-25-21)17-9-15-11-27(12-16(15)10-17)22(29)19(28)14-5-3-2-4-6-14/h2-8,13,15-17,19,28H,9-12H2,1H3,(H,23,24,25)/t15-,16+,17-,19-/m1/s1. The van der Waals surface area contributed by atoms with E-state index in [1.54, 1.807) is 18.5 Å². The molecular weight excluding hydrogens is 366 g/mol. The number of aliphatic hydroxyl groups is 1. The molecule has 5 rings (SSSR count). The molecule has 1 aliphatic carbocycles. The molecule has 1 aromatic carbocycles. The summed E-state index contributed by atoms with van der Waals surface area (Å²) in [4.78, 5) is 28.8. The van der Waals surface area contributed by atoms with Crippen molar-refractivity contribution in [1.29, 1.82) is 0 Å². The number of rotatable bonds is 4. The van der Waals surface area contributed by atoms with E-state index in [4.69, 9.17) is 0 Å². The van der Waals surface area contributed by atoms with Crippen molar-refractivity contribution in [3.05, 3.63) is 54.5 Å². The van der Waals surface area contributed by atoms with E-state index < -0.39 is 6.10 Å². The molecular formula is C22H25N5O2. The Morgan fingerprint density at radius 1 is 1.17 bits per heavy atom. The van der Waals surface area contributed by atoms with Crippen molar-refractivity contribution in [3.63, 3.8) is 0 Å². The lowest BCUT2D eigenvalue weighted by atomic mass is 10.0. The quantitative estimate of drug-likeness (QED) is 0.713. The number of hydrogen-bond donors (Lipinski definition) is 2. The number of hydrogen-bond acceptors (Lipinski definition) is 5. The van der Waals surface area contributed by atoms with E-state index in [0.717, 1.165) is 42.8 Å². The molecule has 0 spiro atoms. The molecule has 1 amide bonds. The molecule has 7 nitrogen and oxygen atoms in total. The summed E-state index contributed by atoms with van der Waals surface area (Å²) in [5.41, 5.74) is 1.51. The molecule has 2 fully saturated rings. The normalized spacial score (nSPS) is 24.6. The maximum atomic E-state index is 12.8. The van der Waals surface area contributed by atoms with Crippen molar-refractivity contribution in [3.8, 4) is 0 Å². The highest BCUT2D eigenvalue weighted by molar-refractivity contribution is 5.87. The zero-order valence-electron chi connectivity index (χ0n) is 16.4. The number of H-pyrrole nitrogens is 1. The van der Waals surface area contributed by atoms with Crippen LogP contribution in [-0.4, -0.2) is 57.0 Å². The number of carbonyl (C=O) groups is 1. The van der Waals surface area contributed by atoms with Gasteiger partial charge in [0.25, 0.3) is 5.91 Å². The maximum Gasteiger partial charge on any atom is 0.256 e. The molecule has 1 saturated heterocycles. The molecule has 2 aromatic heterocycles. The first kappa shape index (κ1) is 18.1. The van der Waals surface area contributed by atoms with Crippen LogP contribution in [0.15, 0.2) is 48.9 Å². The van der Waals surface area contributed by atoms with Crippen LogP contribution in [0.1, 0.15) is 24.5 Å². The van der Waals surface area contributed by atoms with Crippen LogP contribution in [0.4, 0.5) is 5.82 Å². The van der Waals surface area contributed by atoms with Gasteiger partial charge in [0.15, 0.2) is 6.10 Å². The Labute approximate surface area is 169 Å². The summed E-state index contributed by atoms with van der Waals surface area (Å²) in [7, 11) is 2.10. The predicted octanol–water partition coefficient (Wildman–Crippen LogP) is 2.36.